The molecule has 0 spiro atoms. The molecule has 1 unspecified atom stereocenters. The van der Waals surface area contributed by atoms with Gasteiger partial charge in [0.1, 0.15) is 24.4 Å². The van der Waals surface area contributed by atoms with E-state index in [1.807, 2.05) is 0 Å². The molecule has 4 N–H and O–H groups in total. The van der Waals surface area contributed by atoms with Crippen molar-refractivity contribution in [1.82, 2.24) is 0 Å². The van der Waals surface area contributed by atoms with E-state index in [1.54, 1.807) is 0 Å². The second kappa shape index (κ2) is 17.3. The standard InChI is InChI=1S/C19H38O10/c1-24-19-18(28-13-5-9-23)17(27-12-4-8-22)16(26-11-3-7-21)15(29-19)14-25-10-2-6-20/h15-23H,2-14H2,1H3/t15-,16-,17+,18-,19?/m1/s1. The summed E-state index contributed by atoms with van der Waals surface area (Å²) in [6.07, 6.45) is -1.03. The first kappa shape index (κ1) is 26.6. The molecule has 0 amide bonds. The fourth-order valence-electron chi connectivity index (χ4n) is 2.99. The molecule has 174 valence electrons. The van der Waals surface area contributed by atoms with Crippen molar-refractivity contribution in [3.63, 3.8) is 0 Å². The molecule has 0 aromatic heterocycles. The number of aliphatic hydroxyl groups is 4. The summed E-state index contributed by atoms with van der Waals surface area (Å²) in [6, 6.07) is 0. The molecule has 0 aromatic carbocycles. The smallest absolute Gasteiger partial charge is 0.186 e. The van der Waals surface area contributed by atoms with E-state index >= 15 is 0 Å². The molecule has 29 heavy (non-hydrogen) atoms. The maximum Gasteiger partial charge on any atom is 0.186 e. The Morgan fingerprint density at radius 2 is 1.14 bits per heavy atom. The Labute approximate surface area is 172 Å². The highest BCUT2D eigenvalue weighted by atomic mass is 16.7. The van der Waals surface area contributed by atoms with E-state index in [0.29, 0.717) is 52.1 Å². The zero-order chi connectivity index (χ0) is 21.3. The lowest BCUT2D eigenvalue weighted by Gasteiger charge is -2.45. The van der Waals surface area contributed by atoms with E-state index < -0.39 is 30.7 Å². The van der Waals surface area contributed by atoms with Crippen LogP contribution in [0.5, 0.6) is 0 Å². The number of hydrogen-bond donors (Lipinski definition) is 4. The SMILES string of the molecule is COC1O[C@H](COCCCO)[C@@H](OCCCO)[C@H](OCCCO)[C@H]1OCCCO. The Morgan fingerprint density at radius 1 is 0.655 bits per heavy atom. The van der Waals surface area contributed by atoms with Crippen LogP contribution in [0.4, 0.5) is 0 Å². The van der Waals surface area contributed by atoms with Crippen molar-refractivity contribution in [2.24, 2.45) is 0 Å². The molecule has 5 atom stereocenters. The van der Waals surface area contributed by atoms with Gasteiger partial charge in [0.2, 0.25) is 0 Å². The summed E-state index contributed by atoms with van der Waals surface area (Å²) in [5.74, 6) is 0. The molecule has 1 rings (SSSR count). The largest absolute Gasteiger partial charge is 0.396 e. The Kier molecular flexibility index (Phi) is 15.9. The van der Waals surface area contributed by atoms with Crippen LogP contribution < -0.4 is 0 Å². The molecular formula is C19H38O10. The van der Waals surface area contributed by atoms with Crippen LogP contribution in [0, 0.1) is 0 Å². The van der Waals surface area contributed by atoms with E-state index in [-0.39, 0.29) is 33.0 Å². The van der Waals surface area contributed by atoms with Gasteiger partial charge in [-0.1, -0.05) is 0 Å². The van der Waals surface area contributed by atoms with Crippen molar-refractivity contribution in [3.05, 3.63) is 0 Å². The molecule has 0 aliphatic carbocycles. The van der Waals surface area contributed by atoms with Crippen LogP contribution in [-0.2, 0) is 28.4 Å². The average molecular weight is 427 g/mol. The highest BCUT2D eigenvalue weighted by Gasteiger charge is 2.48. The summed E-state index contributed by atoms with van der Waals surface area (Å²) in [5, 5.41) is 36.2. The monoisotopic (exact) mass is 426 g/mol. The lowest BCUT2D eigenvalue weighted by molar-refractivity contribution is -0.318. The second-order valence-corrected chi connectivity index (χ2v) is 6.67. The number of hydrogen-bond acceptors (Lipinski definition) is 10. The van der Waals surface area contributed by atoms with Crippen LogP contribution in [0.15, 0.2) is 0 Å². The summed E-state index contributed by atoms with van der Waals surface area (Å²) in [5.41, 5.74) is 0. The van der Waals surface area contributed by atoms with E-state index in [1.165, 1.54) is 7.11 Å². The Bertz CT molecular complexity index is 373. The van der Waals surface area contributed by atoms with E-state index in [2.05, 4.69) is 0 Å². The fourth-order valence-corrected chi connectivity index (χ4v) is 2.99. The molecule has 1 aliphatic rings. The lowest BCUT2D eigenvalue weighted by Crippen LogP contribution is -2.62. The van der Waals surface area contributed by atoms with Gasteiger partial charge in [-0.25, -0.2) is 0 Å². The van der Waals surface area contributed by atoms with Crippen LogP contribution in [0.2, 0.25) is 0 Å². The molecule has 0 bridgehead atoms. The second-order valence-electron chi connectivity index (χ2n) is 6.67. The zero-order valence-corrected chi connectivity index (χ0v) is 17.3. The molecule has 0 aromatic rings. The summed E-state index contributed by atoms with van der Waals surface area (Å²) < 4.78 is 35.0. The fraction of sp³-hybridized carbons (Fsp3) is 1.00. The third kappa shape index (κ3) is 9.97. The Morgan fingerprint density at radius 3 is 1.66 bits per heavy atom. The normalized spacial score (nSPS) is 27.4. The first-order chi connectivity index (χ1) is 14.2. The number of aliphatic hydroxyl groups excluding tert-OH is 4. The van der Waals surface area contributed by atoms with Gasteiger partial charge in [0.25, 0.3) is 0 Å². The minimum absolute atomic E-state index is 0.000979. The maximum atomic E-state index is 9.10. The maximum absolute atomic E-state index is 9.10. The third-order valence-electron chi connectivity index (χ3n) is 4.39. The van der Waals surface area contributed by atoms with E-state index in [9.17, 15) is 0 Å². The molecule has 1 heterocycles. The highest BCUT2D eigenvalue weighted by Crippen LogP contribution is 2.29. The zero-order valence-electron chi connectivity index (χ0n) is 17.3. The molecular weight excluding hydrogens is 388 g/mol. The average Bonchev–Trinajstić information content (AvgIpc) is 2.73. The highest BCUT2D eigenvalue weighted by molar-refractivity contribution is 4.93. The minimum atomic E-state index is -0.725. The molecule has 1 saturated heterocycles. The van der Waals surface area contributed by atoms with Gasteiger partial charge in [0, 0.05) is 60.0 Å². The van der Waals surface area contributed by atoms with Gasteiger partial charge in [-0.05, 0) is 25.7 Å². The van der Waals surface area contributed by atoms with Crippen molar-refractivity contribution in [1.29, 1.82) is 0 Å². The van der Waals surface area contributed by atoms with Gasteiger partial charge >= 0.3 is 0 Å². The van der Waals surface area contributed by atoms with Crippen LogP contribution in [0.1, 0.15) is 25.7 Å². The first-order valence-electron chi connectivity index (χ1n) is 10.3. The van der Waals surface area contributed by atoms with Gasteiger partial charge in [0.15, 0.2) is 6.29 Å². The van der Waals surface area contributed by atoms with Crippen molar-refractivity contribution < 1.29 is 48.8 Å². The predicted octanol–water partition coefficient (Wildman–Crippen LogP) is -0.940. The summed E-state index contributed by atoms with van der Waals surface area (Å²) in [4.78, 5) is 0. The van der Waals surface area contributed by atoms with Crippen molar-refractivity contribution in [3.8, 4) is 0 Å². The van der Waals surface area contributed by atoms with Gasteiger partial charge in [-0.2, -0.15) is 0 Å². The molecule has 10 nitrogen and oxygen atoms in total. The van der Waals surface area contributed by atoms with Gasteiger partial charge in [-0.15, -0.1) is 0 Å². The molecule has 0 radical (unpaired) electrons. The first-order valence-corrected chi connectivity index (χ1v) is 10.3. The lowest BCUT2D eigenvalue weighted by atomic mass is 9.98. The Hall–Kier alpha value is -0.400. The quantitative estimate of drug-likeness (QED) is 0.203. The predicted molar refractivity (Wildman–Crippen MR) is 103 cm³/mol. The summed E-state index contributed by atoms with van der Waals surface area (Å²) in [6.45, 7) is 1.53. The van der Waals surface area contributed by atoms with Crippen LogP contribution in [0.25, 0.3) is 0 Å². The molecule has 10 heteroatoms. The number of methoxy groups -OCH3 is 1. The third-order valence-corrected chi connectivity index (χ3v) is 4.39. The Balaban J connectivity index is 2.92. The van der Waals surface area contributed by atoms with E-state index in [0.717, 1.165) is 0 Å². The van der Waals surface area contributed by atoms with Crippen molar-refractivity contribution in [2.45, 2.75) is 56.4 Å². The van der Waals surface area contributed by atoms with Crippen molar-refractivity contribution >= 4 is 0 Å². The van der Waals surface area contributed by atoms with Gasteiger partial charge < -0.3 is 48.8 Å². The summed E-state index contributed by atoms with van der Waals surface area (Å²) >= 11 is 0. The van der Waals surface area contributed by atoms with Crippen LogP contribution >= 0.6 is 0 Å². The molecule has 1 fully saturated rings. The topological polar surface area (TPSA) is 136 Å². The van der Waals surface area contributed by atoms with Gasteiger partial charge in [0.05, 0.1) is 6.61 Å². The number of rotatable bonds is 18. The van der Waals surface area contributed by atoms with Crippen LogP contribution in [0.3, 0.4) is 0 Å². The summed E-state index contributed by atoms with van der Waals surface area (Å²) in [7, 11) is 1.51. The number of ether oxygens (including phenoxy) is 6. The van der Waals surface area contributed by atoms with Crippen LogP contribution in [-0.4, -0.2) is 118 Å². The molecule has 0 saturated carbocycles. The van der Waals surface area contributed by atoms with Crippen molar-refractivity contribution in [2.75, 3.05) is 66.6 Å². The van der Waals surface area contributed by atoms with Gasteiger partial charge in [-0.3, -0.25) is 0 Å². The van der Waals surface area contributed by atoms with E-state index in [4.69, 9.17) is 48.8 Å². The minimum Gasteiger partial charge on any atom is -0.396 e. The molecule has 1 aliphatic heterocycles.